The summed E-state index contributed by atoms with van der Waals surface area (Å²) < 4.78 is 0. The van der Waals surface area contributed by atoms with Crippen LogP contribution in [0.1, 0.15) is 21.9 Å². The molecule has 0 saturated carbocycles. The molecule has 1 aromatic carbocycles. The van der Waals surface area contributed by atoms with Gasteiger partial charge in [-0.25, -0.2) is 9.97 Å². The number of aromatic amines is 1. The monoisotopic (exact) mass is 412 g/mol. The van der Waals surface area contributed by atoms with E-state index in [-0.39, 0.29) is 5.91 Å². The van der Waals surface area contributed by atoms with Crippen LogP contribution in [0.3, 0.4) is 0 Å². The van der Waals surface area contributed by atoms with Crippen LogP contribution < -0.4 is 0 Å². The zero-order valence-electron chi connectivity index (χ0n) is 17.5. The maximum absolute atomic E-state index is 12.9. The molecule has 7 heteroatoms. The molecule has 31 heavy (non-hydrogen) atoms. The number of carbonyl (C=O) groups excluding carboxylic acids is 1. The Labute approximate surface area is 180 Å². The molecule has 4 heterocycles. The Bertz CT molecular complexity index is 1210. The summed E-state index contributed by atoms with van der Waals surface area (Å²) in [6, 6.07) is 15.8. The van der Waals surface area contributed by atoms with Crippen molar-refractivity contribution in [3.05, 3.63) is 78.0 Å². The molecule has 7 nitrogen and oxygen atoms in total. The SMILES string of the molecule is CN1CCN(C(=O)c2cc3cc(Cc4nccc(-c5ccccn5)n4)ccc3[nH]2)CC1. The predicted molar refractivity (Wildman–Crippen MR) is 120 cm³/mol. The summed E-state index contributed by atoms with van der Waals surface area (Å²) in [5.41, 5.74) is 4.35. The Morgan fingerprint density at radius 1 is 0.968 bits per heavy atom. The number of amides is 1. The third-order valence-electron chi connectivity index (χ3n) is 5.70. The van der Waals surface area contributed by atoms with Gasteiger partial charge in [0.2, 0.25) is 0 Å². The number of hydrogen-bond donors (Lipinski definition) is 1. The minimum Gasteiger partial charge on any atom is -0.351 e. The Balaban J connectivity index is 1.35. The van der Waals surface area contributed by atoms with E-state index >= 15 is 0 Å². The lowest BCUT2D eigenvalue weighted by molar-refractivity contribution is 0.0659. The van der Waals surface area contributed by atoms with Crippen molar-refractivity contribution in [1.82, 2.24) is 29.7 Å². The zero-order chi connectivity index (χ0) is 21.2. The van der Waals surface area contributed by atoms with Gasteiger partial charge in [-0.1, -0.05) is 12.1 Å². The summed E-state index contributed by atoms with van der Waals surface area (Å²) in [7, 11) is 2.09. The van der Waals surface area contributed by atoms with E-state index in [2.05, 4.69) is 44.0 Å². The highest BCUT2D eigenvalue weighted by Gasteiger charge is 2.21. The lowest BCUT2D eigenvalue weighted by Crippen LogP contribution is -2.47. The van der Waals surface area contributed by atoms with Gasteiger partial charge in [0.25, 0.3) is 5.91 Å². The van der Waals surface area contributed by atoms with Gasteiger partial charge < -0.3 is 14.8 Å². The van der Waals surface area contributed by atoms with Gasteiger partial charge in [-0.15, -0.1) is 0 Å². The fourth-order valence-electron chi connectivity index (χ4n) is 3.91. The molecule has 0 spiro atoms. The Morgan fingerprint density at radius 2 is 1.84 bits per heavy atom. The lowest BCUT2D eigenvalue weighted by Gasteiger charge is -2.32. The largest absolute Gasteiger partial charge is 0.351 e. The van der Waals surface area contributed by atoms with E-state index in [0.717, 1.165) is 59.9 Å². The van der Waals surface area contributed by atoms with E-state index in [1.165, 1.54) is 0 Å². The van der Waals surface area contributed by atoms with Crippen LogP contribution in [0.5, 0.6) is 0 Å². The van der Waals surface area contributed by atoms with E-state index < -0.39 is 0 Å². The molecule has 1 amide bonds. The van der Waals surface area contributed by atoms with E-state index in [9.17, 15) is 4.79 Å². The number of pyridine rings is 1. The van der Waals surface area contributed by atoms with Crippen LogP contribution in [0.2, 0.25) is 0 Å². The molecule has 0 radical (unpaired) electrons. The summed E-state index contributed by atoms with van der Waals surface area (Å²) in [6.45, 7) is 3.35. The van der Waals surface area contributed by atoms with Gasteiger partial charge in [0.1, 0.15) is 11.5 Å². The molecule has 156 valence electrons. The topological polar surface area (TPSA) is 78.0 Å². The first kappa shape index (κ1) is 19.4. The molecule has 1 saturated heterocycles. The maximum Gasteiger partial charge on any atom is 0.270 e. The minimum absolute atomic E-state index is 0.0669. The van der Waals surface area contributed by atoms with Crippen molar-refractivity contribution in [3.8, 4) is 11.4 Å². The van der Waals surface area contributed by atoms with Gasteiger partial charge in [-0.2, -0.15) is 0 Å². The van der Waals surface area contributed by atoms with E-state index in [1.807, 2.05) is 41.3 Å². The number of nitrogens with zero attached hydrogens (tertiary/aromatic N) is 5. The number of likely N-dealkylation sites (N-methyl/N-ethyl adjacent to an activating group) is 1. The van der Waals surface area contributed by atoms with Gasteiger partial charge in [-0.3, -0.25) is 9.78 Å². The molecular weight excluding hydrogens is 388 g/mol. The average Bonchev–Trinajstić information content (AvgIpc) is 3.23. The Hall–Kier alpha value is -3.58. The number of hydrogen-bond acceptors (Lipinski definition) is 5. The highest BCUT2D eigenvalue weighted by atomic mass is 16.2. The molecule has 5 rings (SSSR count). The van der Waals surface area contributed by atoms with Crippen molar-refractivity contribution >= 4 is 16.8 Å². The van der Waals surface area contributed by atoms with Crippen molar-refractivity contribution in [1.29, 1.82) is 0 Å². The van der Waals surface area contributed by atoms with Crippen molar-refractivity contribution in [3.63, 3.8) is 0 Å². The molecule has 1 fully saturated rings. The smallest absolute Gasteiger partial charge is 0.270 e. The molecule has 0 unspecified atom stereocenters. The van der Waals surface area contributed by atoms with Crippen molar-refractivity contribution in [2.75, 3.05) is 33.2 Å². The molecule has 1 aliphatic rings. The molecular formula is C24H24N6O. The number of carbonyl (C=O) groups is 1. The lowest BCUT2D eigenvalue weighted by atomic mass is 10.1. The Kier molecular flexibility index (Phi) is 5.18. The number of aromatic nitrogens is 4. The quantitative estimate of drug-likeness (QED) is 0.558. The van der Waals surface area contributed by atoms with E-state index in [0.29, 0.717) is 12.1 Å². The van der Waals surface area contributed by atoms with Gasteiger partial charge >= 0.3 is 0 Å². The summed E-state index contributed by atoms with van der Waals surface area (Å²) >= 11 is 0. The van der Waals surface area contributed by atoms with Gasteiger partial charge in [-0.05, 0) is 49.0 Å². The van der Waals surface area contributed by atoms with Crippen LogP contribution in [0.4, 0.5) is 0 Å². The van der Waals surface area contributed by atoms with Crippen LogP contribution in [-0.2, 0) is 6.42 Å². The summed E-state index contributed by atoms with van der Waals surface area (Å²) in [5, 5.41) is 1.02. The van der Waals surface area contributed by atoms with Crippen LogP contribution in [0, 0.1) is 0 Å². The third-order valence-corrected chi connectivity index (χ3v) is 5.70. The number of nitrogens with one attached hydrogen (secondary N) is 1. The second-order valence-corrected chi connectivity index (χ2v) is 7.95. The van der Waals surface area contributed by atoms with Crippen molar-refractivity contribution in [2.45, 2.75) is 6.42 Å². The van der Waals surface area contributed by atoms with E-state index in [1.54, 1.807) is 12.4 Å². The van der Waals surface area contributed by atoms with Crippen LogP contribution in [0.25, 0.3) is 22.3 Å². The number of rotatable bonds is 4. The van der Waals surface area contributed by atoms with Crippen LogP contribution >= 0.6 is 0 Å². The molecule has 0 aliphatic carbocycles. The summed E-state index contributed by atoms with van der Waals surface area (Å²) in [4.78, 5) is 33.8. The highest BCUT2D eigenvalue weighted by Crippen LogP contribution is 2.21. The number of H-pyrrole nitrogens is 1. The molecule has 3 aromatic heterocycles. The van der Waals surface area contributed by atoms with Crippen LogP contribution in [-0.4, -0.2) is 68.9 Å². The number of fused-ring (bicyclic) bond motifs is 1. The van der Waals surface area contributed by atoms with Gasteiger partial charge in [0.05, 0.1) is 11.4 Å². The molecule has 1 aliphatic heterocycles. The summed E-state index contributed by atoms with van der Waals surface area (Å²) in [5.74, 6) is 0.809. The predicted octanol–water partition coefficient (Wildman–Crippen LogP) is 3.00. The number of piperazine rings is 1. The normalized spacial score (nSPS) is 14.8. The molecule has 0 atom stereocenters. The van der Waals surface area contributed by atoms with Crippen LogP contribution in [0.15, 0.2) is 60.9 Å². The first-order valence-electron chi connectivity index (χ1n) is 10.5. The second kappa shape index (κ2) is 8.28. The van der Waals surface area contributed by atoms with Gasteiger partial charge in [0, 0.05) is 55.9 Å². The standard InChI is InChI=1S/C24H24N6O/c1-29-10-12-30(13-11-29)24(31)22-16-18-14-17(5-6-19(18)27-22)15-23-26-9-7-21(28-23)20-4-2-3-8-25-20/h2-9,14,16,27H,10-13,15H2,1H3. The fraction of sp³-hybridized carbons (Fsp3) is 0.250. The fourth-order valence-corrected chi connectivity index (χ4v) is 3.91. The molecule has 1 N–H and O–H groups in total. The first-order chi connectivity index (χ1) is 15.2. The van der Waals surface area contributed by atoms with Crippen molar-refractivity contribution in [2.24, 2.45) is 0 Å². The Morgan fingerprint density at radius 3 is 2.65 bits per heavy atom. The third kappa shape index (κ3) is 4.18. The highest BCUT2D eigenvalue weighted by molar-refractivity contribution is 5.98. The van der Waals surface area contributed by atoms with E-state index in [4.69, 9.17) is 0 Å². The zero-order valence-corrected chi connectivity index (χ0v) is 17.5. The van der Waals surface area contributed by atoms with Crippen molar-refractivity contribution < 1.29 is 4.79 Å². The summed E-state index contributed by atoms with van der Waals surface area (Å²) in [6.07, 6.45) is 4.15. The maximum atomic E-state index is 12.9. The van der Waals surface area contributed by atoms with Gasteiger partial charge in [0.15, 0.2) is 0 Å². The first-order valence-corrected chi connectivity index (χ1v) is 10.5. The second-order valence-electron chi connectivity index (χ2n) is 7.95. The molecule has 0 bridgehead atoms. The minimum atomic E-state index is 0.0669. The number of benzene rings is 1. The molecule has 4 aromatic rings. The average molecular weight is 412 g/mol.